The Labute approximate surface area is 152 Å². The molecule has 4 aliphatic rings. The highest BCUT2D eigenvalue weighted by molar-refractivity contribution is 5.88. The third kappa shape index (κ3) is 1.74. The van der Waals surface area contributed by atoms with Crippen molar-refractivity contribution in [3.05, 3.63) is 12.2 Å². The van der Waals surface area contributed by atoms with Gasteiger partial charge in [-0.15, -0.1) is 0 Å². The Bertz CT molecular complexity index is 743. The molecule has 8 atom stereocenters. The van der Waals surface area contributed by atoms with E-state index in [1.807, 2.05) is 6.92 Å². The lowest BCUT2D eigenvalue weighted by Gasteiger charge is -2.52. The standard InChI is InChI=1S/C20H26O6/c1-9-7-20-8-10(9)11(21)6-12(20)18(2)5-4-13(22)19(3,17(25)26)15(18)14(20)16(23)24/h10,12-15,22H,1,4-8H2,2-3H3,(H,23,24)(H,25,26)/t10-,12+,13+,14-,15+,18+,19-,20+/m1/s1. The predicted octanol–water partition coefficient (Wildman–Crippen LogP) is 2.11. The number of hydrogen-bond acceptors (Lipinski definition) is 4. The Morgan fingerprint density at radius 2 is 1.88 bits per heavy atom. The van der Waals surface area contributed by atoms with Crippen LogP contribution in [0.25, 0.3) is 0 Å². The normalized spacial score (nSPS) is 52.5. The summed E-state index contributed by atoms with van der Waals surface area (Å²) in [5.74, 6) is -4.11. The molecule has 0 heterocycles. The zero-order valence-electron chi connectivity index (χ0n) is 15.2. The number of Topliss-reactive ketones (excluding diaryl/α,β-unsaturated/α-hetero) is 1. The van der Waals surface area contributed by atoms with Crippen LogP contribution < -0.4 is 0 Å². The molecule has 0 amide bonds. The summed E-state index contributed by atoms with van der Waals surface area (Å²) in [5, 5.41) is 30.8. The lowest BCUT2D eigenvalue weighted by molar-refractivity contribution is -0.181. The monoisotopic (exact) mass is 362 g/mol. The molecule has 142 valence electrons. The lowest BCUT2D eigenvalue weighted by Crippen LogP contribution is -2.57. The molecular formula is C20H26O6. The van der Waals surface area contributed by atoms with Crippen molar-refractivity contribution in [3.8, 4) is 0 Å². The number of allylic oxidation sites excluding steroid dienone is 1. The Kier molecular flexibility index (Phi) is 3.39. The van der Waals surface area contributed by atoms with Crippen molar-refractivity contribution in [2.45, 2.75) is 52.1 Å². The van der Waals surface area contributed by atoms with Crippen LogP contribution in [0.4, 0.5) is 0 Å². The molecule has 0 unspecified atom stereocenters. The first-order valence-electron chi connectivity index (χ1n) is 9.35. The number of carbonyl (C=O) groups excluding carboxylic acids is 1. The van der Waals surface area contributed by atoms with Gasteiger partial charge >= 0.3 is 11.9 Å². The lowest BCUT2D eigenvalue weighted by atomic mass is 9.52. The van der Waals surface area contributed by atoms with E-state index in [2.05, 4.69) is 6.58 Å². The molecule has 0 aromatic heterocycles. The number of rotatable bonds is 2. The van der Waals surface area contributed by atoms with Gasteiger partial charge in [0, 0.05) is 12.3 Å². The molecule has 6 heteroatoms. The highest BCUT2D eigenvalue weighted by atomic mass is 16.4. The van der Waals surface area contributed by atoms with Crippen LogP contribution in [0.15, 0.2) is 12.2 Å². The number of aliphatic hydroxyl groups excluding tert-OH is 1. The molecule has 4 aliphatic carbocycles. The van der Waals surface area contributed by atoms with Crippen molar-refractivity contribution in [1.82, 2.24) is 0 Å². The fraction of sp³-hybridized carbons (Fsp3) is 0.750. The van der Waals surface area contributed by atoms with Crippen LogP contribution >= 0.6 is 0 Å². The van der Waals surface area contributed by atoms with E-state index in [1.165, 1.54) is 6.92 Å². The van der Waals surface area contributed by atoms with Crippen LogP contribution in [0.5, 0.6) is 0 Å². The molecule has 1 spiro atoms. The van der Waals surface area contributed by atoms with Gasteiger partial charge < -0.3 is 15.3 Å². The topological polar surface area (TPSA) is 112 Å². The highest BCUT2D eigenvalue weighted by Crippen LogP contribution is 2.77. The molecule has 4 fully saturated rings. The van der Waals surface area contributed by atoms with E-state index in [1.54, 1.807) is 0 Å². The fourth-order valence-electron chi connectivity index (χ4n) is 7.55. The number of carboxylic acid groups (broad SMARTS) is 2. The molecule has 2 bridgehead atoms. The fourth-order valence-corrected chi connectivity index (χ4v) is 7.55. The number of ketones is 1. The smallest absolute Gasteiger partial charge is 0.312 e. The second kappa shape index (κ2) is 4.97. The molecule has 0 aliphatic heterocycles. The van der Waals surface area contributed by atoms with Crippen LogP contribution in [0.2, 0.25) is 0 Å². The van der Waals surface area contributed by atoms with Gasteiger partial charge in [-0.25, -0.2) is 0 Å². The average molecular weight is 362 g/mol. The van der Waals surface area contributed by atoms with Crippen LogP contribution in [0.1, 0.15) is 46.0 Å². The zero-order valence-corrected chi connectivity index (χ0v) is 15.2. The maximum atomic E-state index is 12.7. The molecule has 0 aromatic rings. The molecule has 6 nitrogen and oxygen atoms in total. The van der Waals surface area contributed by atoms with Crippen LogP contribution in [0, 0.1) is 39.9 Å². The predicted molar refractivity (Wildman–Crippen MR) is 91.1 cm³/mol. The van der Waals surface area contributed by atoms with E-state index in [0.717, 1.165) is 5.57 Å². The molecule has 0 aromatic carbocycles. The van der Waals surface area contributed by atoms with Gasteiger partial charge in [-0.1, -0.05) is 19.1 Å². The molecule has 0 radical (unpaired) electrons. The third-order valence-corrected chi connectivity index (χ3v) is 8.60. The van der Waals surface area contributed by atoms with E-state index >= 15 is 0 Å². The maximum Gasteiger partial charge on any atom is 0.312 e. The number of aliphatic carboxylic acids is 2. The van der Waals surface area contributed by atoms with E-state index in [4.69, 9.17) is 0 Å². The average Bonchev–Trinajstić information content (AvgIpc) is 2.96. The third-order valence-electron chi connectivity index (χ3n) is 8.60. The summed E-state index contributed by atoms with van der Waals surface area (Å²) in [6.07, 6.45) is 1.00. The Morgan fingerprint density at radius 3 is 2.46 bits per heavy atom. The second-order valence-electron chi connectivity index (χ2n) is 9.49. The summed E-state index contributed by atoms with van der Waals surface area (Å²) in [6, 6.07) is 0. The summed E-state index contributed by atoms with van der Waals surface area (Å²) < 4.78 is 0. The van der Waals surface area contributed by atoms with Gasteiger partial charge in [0.1, 0.15) is 5.78 Å². The van der Waals surface area contributed by atoms with Crippen LogP contribution in [-0.4, -0.2) is 39.1 Å². The van der Waals surface area contributed by atoms with E-state index in [-0.39, 0.29) is 17.6 Å². The Hall–Kier alpha value is -1.69. The maximum absolute atomic E-state index is 12.7. The second-order valence-corrected chi connectivity index (χ2v) is 9.49. The number of fused-ring (bicyclic) bond motifs is 3. The summed E-state index contributed by atoms with van der Waals surface area (Å²) >= 11 is 0. The van der Waals surface area contributed by atoms with E-state index in [0.29, 0.717) is 32.1 Å². The van der Waals surface area contributed by atoms with Gasteiger partial charge in [0.05, 0.1) is 17.4 Å². The molecule has 4 rings (SSSR count). The molecule has 4 saturated carbocycles. The summed E-state index contributed by atoms with van der Waals surface area (Å²) in [7, 11) is 0. The Balaban J connectivity index is 1.97. The summed E-state index contributed by atoms with van der Waals surface area (Å²) in [6.45, 7) is 7.49. The highest BCUT2D eigenvalue weighted by Gasteiger charge is 2.77. The number of carboxylic acids is 2. The largest absolute Gasteiger partial charge is 0.481 e. The zero-order chi connectivity index (χ0) is 19.2. The number of hydrogen-bond donors (Lipinski definition) is 3. The van der Waals surface area contributed by atoms with Crippen LogP contribution in [0.3, 0.4) is 0 Å². The van der Waals surface area contributed by atoms with Gasteiger partial charge in [-0.3, -0.25) is 14.4 Å². The van der Waals surface area contributed by atoms with Crippen molar-refractivity contribution in [3.63, 3.8) is 0 Å². The quantitative estimate of drug-likeness (QED) is 0.649. The minimum Gasteiger partial charge on any atom is -0.481 e. The van der Waals surface area contributed by atoms with Crippen molar-refractivity contribution < 1.29 is 29.7 Å². The number of aliphatic hydroxyl groups is 1. The van der Waals surface area contributed by atoms with Gasteiger partial charge in [0.15, 0.2) is 0 Å². The number of carbonyl (C=O) groups is 3. The Morgan fingerprint density at radius 1 is 1.23 bits per heavy atom. The minimum atomic E-state index is -1.54. The first-order valence-corrected chi connectivity index (χ1v) is 9.35. The van der Waals surface area contributed by atoms with Gasteiger partial charge in [0.25, 0.3) is 0 Å². The summed E-state index contributed by atoms with van der Waals surface area (Å²) in [5.41, 5.74) is -1.96. The molecule has 0 saturated heterocycles. The van der Waals surface area contributed by atoms with E-state index in [9.17, 15) is 29.7 Å². The SMILES string of the molecule is C=C1C[C@]23C[C@H]1C(=O)C[C@H]2[C@]1(C)CC[C@H](O)[C@@](C)(C(=O)O)[C@H]1[C@@H]3C(=O)O. The first-order chi connectivity index (χ1) is 12.0. The van der Waals surface area contributed by atoms with Gasteiger partial charge in [-0.2, -0.15) is 0 Å². The van der Waals surface area contributed by atoms with E-state index < -0.39 is 46.1 Å². The summed E-state index contributed by atoms with van der Waals surface area (Å²) in [4.78, 5) is 37.4. The van der Waals surface area contributed by atoms with Crippen molar-refractivity contribution in [2.24, 2.45) is 39.9 Å². The van der Waals surface area contributed by atoms with Gasteiger partial charge in [-0.05, 0) is 55.3 Å². The van der Waals surface area contributed by atoms with Crippen molar-refractivity contribution in [2.75, 3.05) is 0 Å². The van der Waals surface area contributed by atoms with Crippen LogP contribution in [-0.2, 0) is 14.4 Å². The van der Waals surface area contributed by atoms with Crippen molar-refractivity contribution >= 4 is 17.7 Å². The molecule has 3 N–H and O–H groups in total. The molecule has 26 heavy (non-hydrogen) atoms. The minimum absolute atomic E-state index is 0.113. The van der Waals surface area contributed by atoms with Gasteiger partial charge in [0.2, 0.25) is 0 Å². The first kappa shape index (κ1) is 17.7. The molecular weight excluding hydrogens is 336 g/mol. The van der Waals surface area contributed by atoms with Crippen molar-refractivity contribution in [1.29, 1.82) is 0 Å².